The predicted molar refractivity (Wildman–Crippen MR) is 56.8 cm³/mol. The second kappa shape index (κ2) is 3.39. The van der Waals surface area contributed by atoms with E-state index >= 15 is 0 Å². The monoisotopic (exact) mass is 193 g/mol. The minimum atomic E-state index is 0.187. The van der Waals surface area contributed by atoms with E-state index in [1.807, 2.05) is 17.9 Å². The Bertz CT molecular complexity index is 310. The molecule has 2 rings (SSSR count). The van der Waals surface area contributed by atoms with Gasteiger partial charge in [0.1, 0.15) is 0 Å². The molecule has 0 aromatic carbocycles. The fourth-order valence-electron chi connectivity index (χ4n) is 2.42. The van der Waals surface area contributed by atoms with Crippen LogP contribution in [0.15, 0.2) is 6.20 Å². The molecule has 2 N–H and O–H groups in total. The Morgan fingerprint density at radius 3 is 2.86 bits per heavy atom. The van der Waals surface area contributed by atoms with E-state index in [1.165, 1.54) is 24.1 Å². The van der Waals surface area contributed by atoms with Crippen LogP contribution in [0.2, 0.25) is 0 Å². The Hall–Kier alpha value is -0.830. The van der Waals surface area contributed by atoms with E-state index < -0.39 is 0 Å². The molecule has 0 spiro atoms. The van der Waals surface area contributed by atoms with Crippen molar-refractivity contribution in [3.05, 3.63) is 17.5 Å². The molecule has 1 heterocycles. The van der Waals surface area contributed by atoms with Crippen molar-refractivity contribution in [2.75, 3.05) is 0 Å². The second-order valence-electron chi connectivity index (χ2n) is 4.43. The van der Waals surface area contributed by atoms with Gasteiger partial charge in [-0.1, -0.05) is 13.3 Å². The van der Waals surface area contributed by atoms with Crippen LogP contribution in [0.3, 0.4) is 0 Å². The van der Waals surface area contributed by atoms with Gasteiger partial charge in [0.05, 0.1) is 17.9 Å². The first kappa shape index (κ1) is 9.71. The van der Waals surface area contributed by atoms with Gasteiger partial charge in [-0.3, -0.25) is 4.68 Å². The van der Waals surface area contributed by atoms with Gasteiger partial charge >= 0.3 is 0 Å². The molecule has 0 amide bonds. The van der Waals surface area contributed by atoms with Crippen molar-refractivity contribution < 1.29 is 0 Å². The van der Waals surface area contributed by atoms with Crippen molar-refractivity contribution in [2.45, 2.75) is 32.7 Å². The molecule has 0 aliphatic heterocycles. The molecular formula is C11H19N3. The minimum Gasteiger partial charge on any atom is -0.322 e. The molecule has 0 saturated heterocycles. The van der Waals surface area contributed by atoms with E-state index in [0.717, 1.165) is 5.92 Å². The summed E-state index contributed by atoms with van der Waals surface area (Å²) in [6.45, 7) is 4.33. The zero-order valence-electron chi connectivity index (χ0n) is 9.20. The molecule has 3 nitrogen and oxygen atoms in total. The van der Waals surface area contributed by atoms with Gasteiger partial charge in [-0.05, 0) is 30.7 Å². The number of rotatable bonds is 3. The fourth-order valence-corrected chi connectivity index (χ4v) is 2.42. The van der Waals surface area contributed by atoms with Crippen LogP contribution in [0.5, 0.6) is 0 Å². The SMILES string of the molecule is CC[C@@H]1C[C@H]1C(N)c1c(C)cnn1C. The summed E-state index contributed by atoms with van der Waals surface area (Å²) in [5.74, 6) is 1.54. The van der Waals surface area contributed by atoms with Crippen LogP contribution >= 0.6 is 0 Å². The number of hydrogen-bond acceptors (Lipinski definition) is 2. The van der Waals surface area contributed by atoms with Crippen LogP contribution in [0.25, 0.3) is 0 Å². The molecule has 14 heavy (non-hydrogen) atoms. The third-order valence-electron chi connectivity index (χ3n) is 3.46. The molecule has 0 bridgehead atoms. The van der Waals surface area contributed by atoms with Gasteiger partial charge in [0.2, 0.25) is 0 Å². The predicted octanol–water partition coefficient (Wildman–Crippen LogP) is 1.77. The highest BCUT2D eigenvalue weighted by atomic mass is 15.3. The number of nitrogens with two attached hydrogens (primary N) is 1. The van der Waals surface area contributed by atoms with Crippen LogP contribution in [-0.4, -0.2) is 9.78 Å². The number of nitrogens with zero attached hydrogens (tertiary/aromatic N) is 2. The smallest absolute Gasteiger partial charge is 0.0580 e. The van der Waals surface area contributed by atoms with Crippen LogP contribution in [0, 0.1) is 18.8 Å². The molecular weight excluding hydrogens is 174 g/mol. The molecule has 1 aromatic heterocycles. The van der Waals surface area contributed by atoms with Crippen LogP contribution < -0.4 is 5.73 Å². The first-order valence-corrected chi connectivity index (χ1v) is 5.39. The van der Waals surface area contributed by atoms with Gasteiger partial charge in [-0.15, -0.1) is 0 Å². The Balaban J connectivity index is 2.15. The normalized spacial score (nSPS) is 27.7. The van der Waals surface area contributed by atoms with Crippen molar-refractivity contribution in [3.8, 4) is 0 Å². The molecule has 1 aromatic rings. The summed E-state index contributed by atoms with van der Waals surface area (Å²) >= 11 is 0. The van der Waals surface area contributed by atoms with Crippen molar-refractivity contribution in [3.63, 3.8) is 0 Å². The Morgan fingerprint density at radius 2 is 2.43 bits per heavy atom. The van der Waals surface area contributed by atoms with Crippen molar-refractivity contribution in [2.24, 2.45) is 24.6 Å². The Labute approximate surface area is 85.3 Å². The maximum atomic E-state index is 6.25. The van der Waals surface area contributed by atoms with Gasteiger partial charge < -0.3 is 5.73 Å². The largest absolute Gasteiger partial charge is 0.322 e. The lowest BCUT2D eigenvalue weighted by atomic mass is 10.0. The van der Waals surface area contributed by atoms with E-state index in [4.69, 9.17) is 5.73 Å². The van der Waals surface area contributed by atoms with Gasteiger partial charge in [0.25, 0.3) is 0 Å². The molecule has 78 valence electrons. The maximum Gasteiger partial charge on any atom is 0.0580 e. The maximum absolute atomic E-state index is 6.25. The summed E-state index contributed by atoms with van der Waals surface area (Å²) in [6.07, 6.45) is 4.45. The lowest BCUT2D eigenvalue weighted by molar-refractivity contribution is 0.523. The van der Waals surface area contributed by atoms with E-state index in [2.05, 4.69) is 18.9 Å². The molecule has 0 radical (unpaired) electrons. The van der Waals surface area contributed by atoms with Crippen LogP contribution in [-0.2, 0) is 7.05 Å². The van der Waals surface area contributed by atoms with E-state index in [0.29, 0.717) is 5.92 Å². The van der Waals surface area contributed by atoms with Gasteiger partial charge in [0, 0.05) is 7.05 Å². The molecule has 1 unspecified atom stereocenters. The highest BCUT2D eigenvalue weighted by Gasteiger charge is 2.41. The number of aryl methyl sites for hydroxylation is 2. The Morgan fingerprint density at radius 1 is 1.71 bits per heavy atom. The molecule has 3 heteroatoms. The zero-order chi connectivity index (χ0) is 10.3. The quantitative estimate of drug-likeness (QED) is 0.795. The summed E-state index contributed by atoms with van der Waals surface area (Å²) < 4.78 is 1.92. The molecule has 1 aliphatic carbocycles. The number of hydrogen-bond donors (Lipinski definition) is 1. The third-order valence-corrected chi connectivity index (χ3v) is 3.46. The first-order chi connectivity index (χ1) is 6.65. The minimum absolute atomic E-state index is 0.187. The lowest BCUT2D eigenvalue weighted by Crippen LogP contribution is -2.18. The summed E-state index contributed by atoms with van der Waals surface area (Å²) in [5, 5.41) is 4.23. The van der Waals surface area contributed by atoms with Crippen molar-refractivity contribution in [1.82, 2.24) is 9.78 Å². The van der Waals surface area contributed by atoms with Crippen molar-refractivity contribution >= 4 is 0 Å². The average Bonchev–Trinajstić information content (AvgIpc) is 2.87. The van der Waals surface area contributed by atoms with Gasteiger partial charge in [-0.2, -0.15) is 5.10 Å². The molecule has 1 saturated carbocycles. The van der Waals surface area contributed by atoms with E-state index in [9.17, 15) is 0 Å². The van der Waals surface area contributed by atoms with Crippen molar-refractivity contribution in [1.29, 1.82) is 0 Å². The van der Waals surface area contributed by atoms with Gasteiger partial charge in [0.15, 0.2) is 0 Å². The molecule has 3 atom stereocenters. The first-order valence-electron chi connectivity index (χ1n) is 5.39. The van der Waals surface area contributed by atoms with E-state index in [1.54, 1.807) is 0 Å². The van der Waals surface area contributed by atoms with Crippen LogP contribution in [0.4, 0.5) is 0 Å². The lowest BCUT2D eigenvalue weighted by Gasteiger charge is -2.13. The standard InChI is InChI=1S/C11H19N3/c1-4-8-5-9(8)10(12)11-7(2)6-13-14(11)3/h6,8-10H,4-5,12H2,1-3H3/t8-,9-,10?/m1/s1. The summed E-state index contributed by atoms with van der Waals surface area (Å²) in [7, 11) is 1.98. The molecule has 1 fully saturated rings. The topological polar surface area (TPSA) is 43.8 Å². The third kappa shape index (κ3) is 1.46. The van der Waals surface area contributed by atoms with Gasteiger partial charge in [-0.25, -0.2) is 0 Å². The zero-order valence-corrected chi connectivity index (χ0v) is 9.20. The Kier molecular flexibility index (Phi) is 2.35. The summed E-state index contributed by atoms with van der Waals surface area (Å²) in [5.41, 5.74) is 8.69. The summed E-state index contributed by atoms with van der Waals surface area (Å²) in [4.78, 5) is 0. The highest BCUT2D eigenvalue weighted by Crippen LogP contribution is 2.48. The highest BCUT2D eigenvalue weighted by molar-refractivity contribution is 5.21. The molecule has 1 aliphatic rings. The average molecular weight is 193 g/mol. The fraction of sp³-hybridized carbons (Fsp3) is 0.727. The summed E-state index contributed by atoms with van der Waals surface area (Å²) in [6, 6.07) is 0.187. The second-order valence-corrected chi connectivity index (χ2v) is 4.43. The number of aromatic nitrogens is 2. The van der Waals surface area contributed by atoms with Crippen LogP contribution in [0.1, 0.15) is 37.1 Å². The van der Waals surface area contributed by atoms with E-state index in [-0.39, 0.29) is 6.04 Å².